The van der Waals surface area contributed by atoms with Gasteiger partial charge in [-0.3, -0.25) is 0 Å². The summed E-state index contributed by atoms with van der Waals surface area (Å²) in [4.78, 5) is 11.1. The molecule has 2 aliphatic rings. The van der Waals surface area contributed by atoms with Gasteiger partial charge in [-0.25, -0.2) is 9.97 Å². The van der Waals surface area contributed by atoms with Crippen LogP contribution in [-0.2, 0) is 0 Å². The standard InChI is InChI=1S/C17H19N3O4/c1-22-13-8-15-14(23-10-24-15)7-12(13)17-18-5-4-16(19-17)20-6-2-3-11(21)9-20/h4-5,7-8,11,21H,2-3,6,9-10H2,1H3. The molecule has 3 heterocycles. The molecule has 1 saturated heterocycles. The van der Waals surface area contributed by atoms with Gasteiger partial charge in [0.2, 0.25) is 6.79 Å². The van der Waals surface area contributed by atoms with Crippen LogP contribution in [0.15, 0.2) is 24.4 Å². The Kier molecular flexibility index (Phi) is 3.86. The van der Waals surface area contributed by atoms with Gasteiger partial charge in [0.05, 0.1) is 18.8 Å². The number of fused-ring (bicyclic) bond motifs is 1. The number of hydrogen-bond donors (Lipinski definition) is 1. The molecule has 0 amide bonds. The number of methoxy groups -OCH3 is 1. The van der Waals surface area contributed by atoms with E-state index in [0.29, 0.717) is 29.6 Å². The first-order valence-electron chi connectivity index (χ1n) is 7.98. The second-order valence-corrected chi connectivity index (χ2v) is 5.89. The average Bonchev–Trinajstić information content (AvgIpc) is 3.08. The van der Waals surface area contributed by atoms with Crippen molar-refractivity contribution in [3.05, 3.63) is 24.4 Å². The Morgan fingerprint density at radius 1 is 1.29 bits per heavy atom. The molecule has 0 saturated carbocycles. The fraction of sp³-hybridized carbons (Fsp3) is 0.412. The SMILES string of the molecule is COc1cc2c(cc1-c1nccc(N3CCCC(O)C3)n1)OCO2. The number of aliphatic hydroxyl groups is 1. The third kappa shape index (κ3) is 2.71. The van der Waals surface area contributed by atoms with Gasteiger partial charge < -0.3 is 24.2 Å². The number of aliphatic hydroxyl groups excluding tert-OH is 1. The minimum atomic E-state index is -0.308. The number of hydrogen-bond acceptors (Lipinski definition) is 7. The number of β-amino-alcohol motifs (C(OH)–C–C–N with tert-alkyl or cyclic N) is 1. The van der Waals surface area contributed by atoms with Crippen LogP contribution in [0.25, 0.3) is 11.4 Å². The highest BCUT2D eigenvalue weighted by Gasteiger charge is 2.22. The van der Waals surface area contributed by atoms with Gasteiger partial charge in [0, 0.05) is 25.4 Å². The minimum Gasteiger partial charge on any atom is -0.496 e. The van der Waals surface area contributed by atoms with Crippen LogP contribution < -0.4 is 19.1 Å². The average molecular weight is 329 g/mol. The highest BCUT2D eigenvalue weighted by atomic mass is 16.7. The van der Waals surface area contributed by atoms with E-state index in [2.05, 4.69) is 14.9 Å². The molecule has 0 bridgehead atoms. The van der Waals surface area contributed by atoms with Gasteiger partial charge >= 0.3 is 0 Å². The van der Waals surface area contributed by atoms with Gasteiger partial charge in [-0.2, -0.15) is 0 Å². The van der Waals surface area contributed by atoms with Gasteiger partial charge in [-0.1, -0.05) is 0 Å². The molecule has 7 heteroatoms. The second kappa shape index (κ2) is 6.16. The lowest BCUT2D eigenvalue weighted by Crippen LogP contribution is -2.38. The molecule has 4 rings (SSSR count). The molecule has 1 unspecified atom stereocenters. The number of aromatic nitrogens is 2. The van der Waals surface area contributed by atoms with Gasteiger partial charge in [-0.15, -0.1) is 0 Å². The molecule has 1 aromatic carbocycles. The van der Waals surface area contributed by atoms with Crippen LogP contribution in [0.2, 0.25) is 0 Å². The lowest BCUT2D eigenvalue weighted by molar-refractivity contribution is 0.154. The van der Waals surface area contributed by atoms with Crippen LogP contribution in [0.4, 0.5) is 5.82 Å². The van der Waals surface area contributed by atoms with Gasteiger partial charge in [0.25, 0.3) is 0 Å². The zero-order chi connectivity index (χ0) is 16.5. The second-order valence-electron chi connectivity index (χ2n) is 5.89. The van der Waals surface area contributed by atoms with E-state index in [-0.39, 0.29) is 12.9 Å². The van der Waals surface area contributed by atoms with E-state index in [1.54, 1.807) is 19.4 Å². The van der Waals surface area contributed by atoms with Crippen LogP contribution in [0.3, 0.4) is 0 Å². The van der Waals surface area contributed by atoms with Crippen molar-refractivity contribution in [2.24, 2.45) is 0 Å². The summed E-state index contributed by atoms with van der Waals surface area (Å²) in [5.74, 6) is 3.32. The smallest absolute Gasteiger partial charge is 0.231 e. The summed E-state index contributed by atoms with van der Waals surface area (Å²) in [5.41, 5.74) is 0.751. The Balaban J connectivity index is 1.71. The molecule has 7 nitrogen and oxygen atoms in total. The Hall–Kier alpha value is -2.54. The van der Waals surface area contributed by atoms with Crippen molar-refractivity contribution >= 4 is 5.82 Å². The number of piperidine rings is 1. The molecule has 2 aliphatic heterocycles. The predicted octanol–water partition coefficient (Wildman–Crippen LogP) is 1.84. The van der Waals surface area contributed by atoms with Crippen LogP contribution in [0.5, 0.6) is 17.2 Å². The van der Waals surface area contributed by atoms with E-state index < -0.39 is 0 Å². The van der Waals surface area contributed by atoms with Crippen LogP contribution in [-0.4, -0.2) is 48.2 Å². The van der Waals surface area contributed by atoms with E-state index in [4.69, 9.17) is 14.2 Å². The molecule has 0 spiro atoms. The molecular formula is C17H19N3O4. The van der Waals surface area contributed by atoms with E-state index >= 15 is 0 Å². The summed E-state index contributed by atoms with van der Waals surface area (Å²) in [7, 11) is 1.60. The molecule has 1 aromatic heterocycles. The van der Waals surface area contributed by atoms with Crippen LogP contribution >= 0.6 is 0 Å². The number of nitrogens with zero attached hydrogens (tertiary/aromatic N) is 3. The summed E-state index contributed by atoms with van der Waals surface area (Å²) in [6.45, 7) is 1.68. The van der Waals surface area contributed by atoms with Crippen molar-refractivity contribution in [3.63, 3.8) is 0 Å². The molecule has 24 heavy (non-hydrogen) atoms. The number of rotatable bonds is 3. The molecule has 0 radical (unpaired) electrons. The summed E-state index contributed by atoms with van der Waals surface area (Å²) in [6.07, 6.45) is 3.21. The van der Waals surface area contributed by atoms with Crippen LogP contribution in [0.1, 0.15) is 12.8 Å². The van der Waals surface area contributed by atoms with Crippen molar-refractivity contribution in [1.29, 1.82) is 0 Å². The number of ether oxygens (including phenoxy) is 3. The first-order valence-corrected chi connectivity index (χ1v) is 7.98. The zero-order valence-electron chi connectivity index (χ0n) is 13.4. The zero-order valence-corrected chi connectivity index (χ0v) is 13.4. The van der Waals surface area contributed by atoms with Crippen molar-refractivity contribution in [1.82, 2.24) is 9.97 Å². The Labute approximate surface area is 139 Å². The first kappa shape index (κ1) is 15.0. The van der Waals surface area contributed by atoms with E-state index in [1.165, 1.54) is 0 Å². The Morgan fingerprint density at radius 3 is 2.92 bits per heavy atom. The van der Waals surface area contributed by atoms with Gasteiger partial charge in [0.15, 0.2) is 17.3 Å². The maximum atomic E-state index is 9.88. The van der Waals surface area contributed by atoms with Gasteiger partial charge in [0.1, 0.15) is 11.6 Å². The molecule has 1 atom stereocenters. The fourth-order valence-electron chi connectivity index (χ4n) is 3.08. The number of benzene rings is 1. The van der Waals surface area contributed by atoms with E-state index in [1.807, 2.05) is 12.1 Å². The highest BCUT2D eigenvalue weighted by molar-refractivity contribution is 5.70. The number of anilines is 1. The Morgan fingerprint density at radius 2 is 2.12 bits per heavy atom. The predicted molar refractivity (Wildman–Crippen MR) is 87.6 cm³/mol. The summed E-state index contributed by atoms with van der Waals surface area (Å²) in [5, 5.41) is 9.88. The molecule has 2 aromatic rings. The maximum absolute atomic E-state index is 9.88. The molecule has 1 fully saturated rings. The molecule has 126 valence electrons. The molecule has 1 N–H and O–H groups in total. The normalized spacial score (nSPS) is 19.4. The first-order chi connectivity index (χ1) is 11.7. The third-order valence-electron chi connectivity index (χ3n) is 4.30. The van der Waals surface area contributed by atoms with Crippen molar-refractivity contribution in [3.8, 4) is 28.6 Å². The molecule has 0 aliphatic carbocycles. The van der Waals surface area contributed by atoms with Gasteiger partial charge in [-0.05, 0) is 25.0 Å². The van der Waals surface area contributed by atoms with Crippen molar-refractivity contribution in [2.45, 2.75) is 18.9 Å². The largest absolute Gasteiger partial charge is 0.496 e. The monoisotopic (exact) mass is 329 g/mol. The van der Waals surface area contributed by atoms with E-state index in [0.717, 1.165) is 30.8 Å². The fourth-order valence-corrected chi connectivity index (χ4v) is 3.08. The topological polar surface area (TPSA) is 76.9 Å². The summed E-state index contributed by atoms with van der Waals surface area (Å²) in [6, 6.07) is 5.49. The lowest BCUT2D eigenvalue weighted by Gasteiger charge is -2.31. The van der Waals surface area contributed by atoms with Crippen LogP contribution in [0, 0.1) is 0 Å². The third-order valence-corrected chi connectivity index (χ3v) is 4.30. The highest BCUT2D eigenvalue weighted by Crippen LogP contribution is 2.41. The maximum Gasteiger partial charge on any atom is 0.231 e. The quantitative estimate of drug-likeness (QED) is 0.920. The van der Waals surface area contributed by atoms with E-state index in [9.17, 15) is 5.11 Å². The summed E-state index contributed by atoms with van der Waals surface area (Å²) < 4.78 is 16.3. The van der Waals surface area contributed by atoms with Crippen molar-refractivity contribution < 1.29 is 19.3 Å². The summed E-state index contributed by atoms with van der Waals surface area (Å²) >= 11 is 0. The minimum absolute atomic E-state index is 0.203. The van der Waals surface area contributed by atoms with Crippen molar-refractivity contribution in [2.75, 3.05) is 31.9 Å². The lowest BCUT2D eigenvalue weighted by atomic mass is 10.1. The molecular weight excluding hydrogens is 310 g/mol. The Bertz CT molecular complexity index is 753.